The normalized spacial score (nSPS) is 18.9. The minimum Gasteiger partial charge on any atom is -0.396 e. The fraction of sp³-hybridized carbons (Fsp3) is 1.00. The van der Waals surface area contributed by atoms with Gasteiger partial charge in [0.1, 0.15) is 0 Å². The van der Waals surface area contributed by atoms with E-state index in [1.807, 2.05) is 0 Å². The zero-order valence-electron chi connectivity index (χ0n) is 11.6. The standard InChI is InChI=1S/C8H18O.C6H12O2/c1-3-5-7-9-8-6-4-2;7-4-3-6-2-1-5-8-6/h3-8H2,1-2H3;6-7H,1-5H2. The number of unbranched alkanes of at least 4 members (excludes halogenated alkanes) is 2. The second-order valence-electron chi connectivity index (χ2n) is 4.47. The van der Waals surface area contributed by atoms with E-state index in [1.54, 1.807) is 0 Å². The summed E-state index contributed by atoms with van der Waals surface area (Å²) in [6.45, 7) is 7.44. The monoisotopic (exact) mass is 246 g/mol. The summed E-state index contributed by atoms with van der Waals surface area (Å²) in [7, 11) is 0. The molecule has 0 aromatic rings. The van der Waals surface area contributed by atoms with Gasteiger partial charge in [-0.15, -0.1) is 0 Å². The van der Waals surface area contributed by atoms with Crippen molar-refractivity contribution in [2.45, 2.75) is 64.9 Å². The van der Waals surface area contributed by atoms with Gasteiger partial charge in [0.05, 0.1) is 6.10 Å². The summed E-state index contributed by atoms with van der Waals surface area (Å²) in [5.41, 5.74) is 0. The van der Waals surface area contributed by atoms with Crippen LogP contribution in [0.4, 0.5) is 0 Å². The second-order valence-corrected chi connectivity index (χ2v) is 4.47. The molecule has 0 bridgehead atoms. The number of aliphatic hydroxyl groups is 1. The molecule has 1 rings (SSSR count). The summed E-state index contributed by atoms with van der Waals surface area (Å²) in [6, 6.07) is 0. The van der Waals surface area contributed by atoms with Gasteiger partial charge in [0, 0.05) is 26.4 Å². The van der Waals surface area contributed by atoms with Gasteiger partial charge in [-0.3, -0.25) is 0 Å². The Labute approximate surface area is 107 Å². The highest BCUT2D eigenvalue weighted by Gasteiger charge is 2.13. The van der Waals surface area contributed by atoms with Crippen LogP contribution in [-0.2, 0) is 9.47 Å². The van der Waals surface area contributed by atoms with Gasteiger partial charge >= 0.3 is 0 Å². The van der Waals surface area contributed by atoms with E-state index in [0.29, 0.717) is 6.10 Å². The highest BCUT2D eigenvalue weighted by molar-refractivity contribution is 4.63. The maximum absolute atomic E-state index is 8.45. The van der Waals surface area contributed by atoms with E-state index in [2.05, 4.69) is 13.8 Å². The van der Waals surface area contributed by atoms with Crippen molar-refractivity contribution in [2.24, 2.45) is 0 Å². The molecule has 0 aromatic carbocycles. The van der Waals surface area contributed by atoms with Gasteiger partial charge in [-0.25, -0.2) is 0 Å². The van der Waals surface area contributed by atoms with E-state index in [9.17, 15) is 0 Å². The van der Waals surface area contributed by atoms with Crippen LogP contribution >= 0.6 is 0 Å². The summed E-state index contributed by atoms with van der Waals surface area (Å²) in [4.78, 5) is 0. The lowest BCUT2D eigenvalue weighted by atomic mass is 10.2. The lowest BCUT2D eigenvalue weighted by molar-refractivity contribution is 0.0868. The Kier molecular flexibility index (Phi) is 13.8. The van der Waals surface area contributed by atoms with E-state index >= 15 is 0 Å². The largest absolute Gasteiger partial charge is 0.396 e. The molecule has 0 aromatic heterocycles. The molecule has 0 saturated carbocycles. The van der Waals surface area contributed by atoms with Crippen molar-refractivity contribution >= 4 is 0 Å². The van der Waals surface area contributed by atoms with Crippen LogP contribution in [0.25, 0.3) is 0 Å². The fourth-order valence-electron chi connectivity index (χ4n) is 1.61. The summed E-state index contributed by atoms with van der Waals surface area (Å²) in [5.74, 6) is 0. The molecule has 3 nitrogen and oxygen atoms in total. The predicted molar refractivity (Wildman–Crippen MR) is 71.3 cm³/mol. The zero-order valence-corrected chi connectivity index (χ0v) is 11.6. The Morgan fingerprint density at radius 1 is 1.18 bits per heavy atom. The van der Waals surface area contributed by atoms with Crippen LogP contribution in [-0.4, -0.2) is 37.6 Å². The molecular formula is C14H30O3. The lowest BCUT2D eigenvalue weighted by Crippen LogP contribution is -2.06. The van der Waals surface area contributed by atoms with Gasteiger partial charge in [-0.1, -0.05) is 26.7 Å². The van der Waals surface area contributed by atoms with Crippen LogP contribution in [0.3, 0.4) is 0 Å². The van der Waals surface area contributed by atoms with Crippen LogP contribution in [0.5, 0.6) is 0 Å². The number of aliphatic hydroxyl groups excluding tert-OH is 1. The third kappa shape index (κ3) is 12.1. The first-order valence-electron chi connectivity index (χ1n) is 7.15. The van der Waals surface area contributed by atoms with E-state index < -0.39 is 0 Å². The van der Waals surface area contributed by atoms with Gasteiger partial charge in [-0.05, 0) is 32.1 Å². The van der Waals surface area contributed by atoms with Gasteiger partial charge in [0.2, 0.25) is 0 Å². The average Bonchev–Trinajstić information content (AvgIpc) is 2.83. The number of ether oxygens (including phenoxy) is 2. The molecule has 17 heavy (non-hydrogen) atoms. The predicted octanol–water partition coefficient (Wildman–Crippen LogP) is 3.15. The second kappa shape index (κ2) is 13.9. The summed E-state index contributed by atoms with van der Waals surface area (Å²) in [5, 5.41) is 8.45. The van der Waals surface area contributed by atoms with Crippen molar-refractivity contribution in [3.8, 4) is 0 Å². The smallest absolute Gasteiger partial charge is 0.0597 e. The Balaban J connectivity index is 0.000000302. The molecule has 1 unspecified atom stereocenters. The van der Waals surface area contributed by atoms with E-state index in [1.165, 1.54) is 32.1 Å². The average molecular weight is 246 g/mol. The summed E-state index contributed by atoms with van der Waals surface area (Å²) in [6.07, 6.45) is 8.40. The minimum absolute atomic E-state index is 0.269. The van der Waals surface area contributed by atoms with Crippen LogP contribution in [0.1, 0.15) is 58.8 Å². The number of hydrogen-bond donors (Lipinski definition) is 1. The SMILES string of the molecule is CCCCOCCCC.OCCC1CCCO1. The van der Waals surface area contributed by atoms with Gasteiger partial charge < -0.3 is 14.6 Å². The molecule has 3 heteroatoms. The van der Waals surface area contributed by atoms with Crippen LogP contribution in [0, 0.1) is 0 Å². The molecule has 1 atom stereocenters. The van der Waals surface area contributed by atoms with Crippen molar-refractivity contribution in [1.82, 2.24) is 0 Å². The molecule has 1 N–H and O–H groups in total. The Morgan fingerprint density at radius 3 is 2.24 bits per heavy atom. The minimum atomic E-state index is 0.269. The Morgan fingerprint density at radius 2 is 1.82 bits per heavy atom. The molecule has 1 aliphatic rings. The highest BCUT2D eigenvalue weighted by Crippen LogP contribution is 2.13. The quantitative estimate of drug-likeness (QED) is 0.669. The first-order chi connectivity index (χ1) is 8.35. The lowest BCUT2D eigenvalue weighted by Gasteiger charge is -2.03. The Hall–Kier alpha value is -0.120. The maximum atomic E-state index is 8.45. The van der Waals surface area contributed by atoms with Crippen LogP contribution < -0.4 is 0 Å². The highest BCUT2D eigenvalue weighted by atomic mass is 16.5. The third-order valence-electron chi connectivity index (χ3n) is 2.76. The first-order valence-corrected chi connectivity index (χ1v) is 7.15. The molecule has 0 spiro atoms. The fourth-order valence-corrected chi connectivity index (χ4v) is 1.61. The molecule has 0 aliphatic carbocycles. The van der Waals surface area contributed by atoms with E-state index in [-0.39, 0.29) is 6.61 Å². The van der Waals surface area contributed by atoms with Crippen LogP contribution in [0.2, 0.25) is 0 Å². The summed E-state index contributed by atoms with van der Waals surface area (Å²) >= 11 is 0. The molecule has 104 valence electrons. The van der Waals surface area contributed by atoms with Crippen molar-refractivity contribution in [3.05, 3.63) is 0 Å². The number of rotatable bonds is 8. The van der Waals surface area contributed by atoms with Gasteiger partial charge in [0.15, 0.2) is 0 Å². The molecule has 0 amide bonds. The molecular weight excluding hydrogens is 216 g/mol. The molecule has 1 fully saturated rings. The van der Waals surface area contributed by atoms with E-state index in [4.69, 9.17) is 14.6 Å². The van der Waals surface area contributed by atoms with Gasteiger partial charge in [-0.2, -0.15) is 0 Å². The molecule has 1 aliphatic heterocycles. The topological polar surface area (TPSA) is 38.7 Å². The Bertz CT molecular complexity index is 127. The summed E-state index contributed by atoms with van der Waals surface area (Å²) < 4.78 is 10.5. The first kappa shape index (κ1) is 16.9. The zero-order chi connectivity index (χ0) is 12.8. The van der Waals surface area contributed by atoms with Crippen molar-refractivity contribution in [1.29, 1.82) is 0 Å². The van der Waals surface area contributed by atoms with E-state index in [0.717, 1.165) is 32.7 Å². The molecule has 1 heterocycles. The third-order valence-corrected chi connectivity index (χ3v) is 2.76. The van der Waals surface area contributed by atoms with Crippen molar-refractivity contribution in [3.63, 3.8) is 0 Å². The van der Waals surface area contributed by atoms with Crippen LogP contribution in [0.15, 0.2) is 0 Å². The number of hydrogen-bond acceptors (Lipinski definition) is 3. The van der Waals surface area contributed by atoms with Crippen molar-refractivity contribution < 1.29 is 14.6 Å². The van der Waals surface area contributed by atoms with Gasteiger partial charge in [0.25, 0.3) is 0 Å². The van der Waals surface area contributed by atoms with Crippen molar-refractivity contribution in [2.75, 3.05) is 26.4 Å². The maximum Gasteiger partial charge on any atom is 0.0597 e. The molecule has 0 radical (unpaired) electrons. The molecule has 1 saturated heterocycles.